The van der Waals surface area contributed by atoms with E-state index in [-0.39, 0.29) is 11.8 Å². The molecule has 1 atom stereocenters. The molecule has 1 unspecified atom stereocenters. The number of amides is 2. The molecule has 3 aromatic rings. The summed E-state index contributed by atoms with van der Waals surface area (Å²) in [7, 11) is 0. The fourth-order valence-corrected chi connectivity index (χ4v) is 4.26. The molecule has 1 aliphatic heterocycles. The van der Waals surface area contributed by atoms with Gasteiger partial charge < -0.3 is 15.4 Å². The third-order valence-electron chi connectivity index (χ3n) is 5.42. The zero-order chi connectivity index (χ0) is 24.6. The van der Waals surface area contributed by atoms with Crippen molar-refractivity contribution in [2.75, 3.05) is 43.5 Å². The largest absolute Gasteiger partial charge is 0.379 e. The topological polar surface area (TPSA) is 109 Å². The lowest BCUT2D eigenvalue weighted by molar-refractivity contribution is -0.117. The summed E-state index contributed by atoms with van der Waals surface area (Å²) in [5.74, 6) is -0.489. The summed E-state index contributed by atoms with van der Waals surface area (Å²) in [6.45, 7) is 5.69. The Labute approximate surface area is 212 Å². The van der Waals surface area contributed by atoms with Crippen LogP contribution in [0.25, 0.3) is 11.3 Å². The molecule has 0 aliphatic carbocycles. The number of nitrogens with one attached hydrogen (secondary N) is 2. The van der Waals surface area contributed by atoms with E-state index in [1.807, 2.05) is 37.3 Å². The van der Waals surface area contributed by atoms with Gasteiger partial charge >= 0.3 is 0 Å². The molecule has 11 heteroatoms. The maximum absolute atomic E-state index is 12.6. The summed E-state index contributed by atoms with van der Waals surface area (Å²) in [5.41, 5.74) is 2.27. The molecule has 1 aliphatic rings. The summed E-state index contributed by atoms with van der Waals surface area (Å²) in [4.78, 5) is 39.8. The van der Waals surface area contributed by atoms with Gasteiger partial charge in [-0.15, -0.1) is 0 Å². The lowest BCUT2D eigenvalue weighted by Gasteiger charge is -2.24. The quantitative estimate of drug-likeness (QED) is 0.441. The average molecular weight is 513 g/mol. The normalized spacial score (nSPS) is 15.1. The van der Waals surface area contributed by atoms with Crippen LogP contribution in [0, 0.1) is 0 Å². The Morgan fingerprint density at radius 3 is 2.71 bits per heavy atom. The van der Waals surface area contributed by atoms with E-state index < -0.39 is 5.92 Å². The maximum Gasteiger partial charge on any atom is 0.249 e. The van der Waals surface area contributed by atoms with Crippen LogP contribution in [0.4, 0.5) is 10.9 Å². The standard InChI is InChI=1S/C24H25ClN6O3S/c1-16(23(33)30-24-28-14-20(25)35-24)17-4-2-5-18(12-17)19-13-27-21(15-26-19)29-22(32)6-3-7-31-8-10-34-11-9-31/h2-6,12-16H,7-11H2,1H3,(H,27,29,32)(H,28,30,33)/b6-3+. The third kappa shape index (κ3) is 7.15. The first kappa shape index (κ1) is 24.9. The number of thiazole rings is 1. The number of morpholine rings is 1. The molecule has 4 rings (SSSR count). The molecule has 0 spiro atoms. The van der Waals surface area contributed by atoms with Crippen molar-refractivity contribution in [1.82, 2.24) is 19.9 Å². The Morgan fingerprint density at radius 2 is 2.00 bits per heavy atom. The Bertz CT molecular complexity index is 1190. The van der Waals surface area contributed by atoms with Crippen molar-refractivity contribution in [3.8, 4) is 11.3 Å². The van der Waals surface area contributed by atoms with Crippen molar-refractivity contribution in [2.24, 2.45) is 0 Å². The van der Waals surface area contributed by atoms with Crippen LogP contribution in [0.3, 0.4) is 0 Å². The van der Waals surface area contributed by atoms with Gasteiger partial charge in [-0.2, -0.15) is 0 Å². The number of aromatic nitrogens is 3. The highest BCUT2D eigenvalue weighted by Crippen LogP contribution is 2.26. The van der Waals surface area contributed by atoms with Gasteiger partial charge in [-0.05, 0) is 18.6 Å². The van der Waals surface area contributed by atoms with Crippen LogP contribution in [-0.2, 0) is 14.3 Å². The number of nitrogens with zero attached hydrogens (tertiary/aromatic N) is 4. The Morgan fingerprint density at radius 1 is 1.17 bits per heavy atom. The molecule has 2 N–H and O–H groups in total. The second kappa shape index (κ2) is 12.0. The predicted octanol–water partition coefficient (Wildman–Crippen LogP) is 3.82. The van der Waals surface area contributed by atoms with Gasteiger partial charge in [0.05, 0.1) is 43.4 Å². The van der Waals surface area contributed by atoms with Crippen LogP contribution in [0.1, 0.15) is 18.4 Å². The van der Waals surface area contributed by atoms with E-state index in [2.05, 4.69) is 30.5 Å². The molecule has 0 saturated carbocycles. The fraction of sp³-hybridized carbons (Fsp3) is 0.292. The molecule has 3 heterocycles. The molecular weight excluding hydrogens is 488 g/mol. The number of carbonyl (C=O) groups excluding carboxylic acids is 2. The van der Waals surface area contributed by atoms with E-state index in [0.717, 1.165) is 37.4 Å². The van der Waals surface area contributed by atoms with Crippen molar-refractivity contribution in [1.29, 1.82) is 0 Å². The molecular formula is C24H25ClN6O3S. The van der Waals surface area contributed by atoms with Crippen molar-refractivity contribution in [3.63, 3.8) is 0 Å². The van der Waals surface area contributed by atoms with E-state index in [4.69, 9.17) is 16.3 Å². The lowest BCUT2D eigenvalue weighted by atomic mass is 9.97. The zero-order valence-electron chi connectivity index (χ0n) is 19.1. The molecule has 35 heavy (non-hydrogen) atoms. The van der Waals surface area contributed by atoms with Gasteiger partial charge in [0.15, 0.2) is 10.9 Å². The molecule has 1 fully saturated rings. The number of ether oxygens (including phenoxy) is 1. The summed E-state index contributed by atoms with van der Waals surface area (Å²) in [6, 6.07) is 7.54. The van der Waals surface area contributed by atoms with Crippen molar-refractivity contribution in [3.05, 3.63) is 64.9 Å². The predicted molar refractivity (Wildman–Crippen MR) is 137 cm³/mol. The van der Waals surface area contributed by atoms with Gasteiger partial charge in [-0.1, -0.05) is 47.2 Å². The minimum absolute atomic E-state index is 0.181. The molecule has 2 amide bonds. The summed E-state index contributed by atoms with van der Waals surface area (Å²) >= 11 is 7.09. The maximum atomic E-state index is 12.6. The number of anilines is 2. The third-order valence-corrected chi connectivity index (χ3v) is 6.45. The Kier molecular flexibility index (Phi) is 8.54. The van der Waals surface area contributed by atoms with Crippen LogP contribution in [0.5, 0.6) is 0 Å². The molecule has 0 bridgehead atoms. The van der Waals surface area contributed by atoms with Gasteiger partial charge in [-0.3, -0.25) is 19.5 Å². The van der Waals surface area contributed by atoms with Gasteiger partial charge in [-0.25, -0.2) is 9.97 Å². The number of hydrogen-bond donors (Lipinski definition) is 2. The van der Waals surface area contributed by atoms with E-state index >= 15 is 0 Å². The van der Waals surface area contributed by atoms with Gasteiger partial charge in [0.25, 0.3) is 0 Å². The smallest absolute Gasteiger partial charge is 0.249 e. The van der Waals surface area contributed by atoms with Crippen LogP contribution in [-0.4, -0.2) is 64.5 Å². The Balaban J connectivity index is 1.34. The van der Waals surface area contributed by atoms with E-state index in [1.54, 1.807) is 6.20 Å². The number of carbonyl (C=O) groups is 2. The molecule has 1 aromatic carbocycles. The number of halogens is 1. The van der Waals surface area contributed by atoms with Crippen LogP contribution in [0.15, 0.2) is 55.0 Å². The minimum atomic E-state index is -0.409. The summed E-state index contributed by atoms with van der Waals surface area (Å²) < 4.78 is 5.83. The van der Waals surface area contributed by atoms with Gasteiger partial charge in [0, 0.05) is 31.3 Å². The van der Waals surface area contributed by atoms with Gasteiger partial charge in [0.2, 0.25) is 11.8 Å². The molecule has 9 nitrogen and oxygen atoms in total. The first-order valence-corrected chi connectivity index (χ1v) is 12.3. The minimum Gasteiger partial charge on any atom is -0.379 e. The highest BCUT2D eigenvalue weighted by Gasteiger charge is 2.17. The molecule has 2 aromatic heterocycles. The number of rotatable bonds is 8. The molecule has 182 valence electrons. The van der Waals surface area contributed by atoms with Crippen molar-refractivity contribution < 1.29 is 14.3 Å². The summed E-state index contributed by atoms with van der Waals surface area (Å²) in [6.07, 6.45) is 7.93. The summed E-state index contributed by atoms with van der Waals surface area (Å²) in [5, 5.41) is 5.96. The van der Waals surface area contributed by atoms with E-state index in [9.17, 15) is 9.59 Å². The second-order valence-electron chi connectivity index (χ2n) is 7.90. The zero-order valence-corrected chi connectivity index (χ0v) is 20.7. The van der Waals surface area contributed by atoms with Crippen LogP contribution >= 0.6 is 22.9 Å². The first-order chi connectivity index (χ1) is 17.0. The Hall–Kier alpha value is -3.18. The van der Waals surface area contributed by atoms with Crippen molar-refractivity contribution >= 4 is 45.7 Å². The monoisotopic (exact) mass is 512 g/mol. The first-order valence-electron chi connectivity index (χ1n) is 11.1. The SMILES string of the molecule is CC(C(=O)Nc1ncc(Cl)s1)c1cccc(-c2cnc(NC(=O)/C=C/CN3CCOCC3)cn2)c1. The average Bonchev–Trinajstić information content (AvgIpc) is 3.29. The van der Waals surface area contributed by atoms with Crippen LogP contribution in [0.2, 0.25) is 4.34 Å². The van der Waals surface area contributed by atoms with Gasteiger partial charge in [0.1, 0.15) is 4.34 Å². The second-order valence-corrected chi connectivity index (χ2v) is 9.56. The van der Waals surface area contributed by atoms with Crippen molar-refractivity contribution in [2.45, 2.75) is 12.8 Å². The molecule has 0 radical (unpaired) electrons. The fourth-order valence-electron chi connectivity index (χ4n) is 3.45. The highest BCUT2D eigenvalue weighted by atomic mass is 35.5. The number of hydrogen-bond acceptors (Lipinski definition) is 8. The lowest BCUT2D eigenvalue weighted by Crippen LogP contribution is -2.36. The van der Waals surface area contributed by atoms with E-state index in [0.29, 0.717) is 27.5 Å². The van der Waals surface area contributed by atoms with E-state index in [1.165, 1.54) is 29.8 Å². The van der Waals surface area contributed by atoms with Crippen LogP contribution < -0.4 is 10.6 Å². The highest BCUT2D eigenvalue weighted by molar-refractivity contribution is 7.19. The number of benzene rings is 1. The molecule has 1 saturated heterocycles.